The topological polar surface area (TPSA) is 20.3 Å². The summed E-state index contributed by atoms with van der Waals surface area (Å²) in [6.45, 7) is 0. The van der Waals surface area contributed by atoms with Crippen LogP contribution >= 0.6 is 23.4 Å². The monoisotopic (exact) mass is 193 g/mol. The molecule has 4 heteroatoms. The molecule has 1 amide bonds. The fourth-order valence-corrected chi connectivity index (χ4v) is 2.44. The molecule has 0 bridgehead atoms. The smallest absolute Gasteiger partial charge is 0.316 e. The van der Waals surface area contributed by atoms with Crippen LogP contribution in [0.1, 0.15) is 12.8 Å². The van der Waals surface area contributed by atoms with Gasteiger partial charge in [-0.1, -0.05) is 0 Å². The number of hydrogen-bond acceptors (Lipinski definition) is 2. The van der Waals surface area contributed by atoms with E-state index in [1.807, 2.05) is 11.8 Å². The lowest BCUT2D eigenvalue weighted by Crippen LogP contribution is -2.36. The van der Waals surface area contributed by atoms with Crippen molar-refractivity contribution in [2.75, 3.05) is 18.6 Å². The van der Waals surface area contributed by atoms with Crippen LogP contribution in [0, 0.1) is 0 Å². The third-order valence-corrected chi connectivity index (χ3v) is 3.33. The maximum absolute atomic E-state index is 10.7. The van der Waals surface area contributed by atoms with Gasteiger partial charge in [-0.15, -0.1) is 0 Å². The number of amides is 1. The third-order valence-electron chi connectivity index (χ3n) is 2.02. The van der Waals surface area contributed by atoms with Gasteiger partial charge in [0, 0.05) is 13.1 Å². The number of nitrogens with zero attached hydrogens (tertiary/aromatic N) is 1. The first kappa shape index (κ1) is 9.20. The summed E-state index contributed by atoms with van der Waals surface area (Å²) < 4.78 is 0. The van der Waals surface area contributed by atoms with Gasteiger partial charge in [-0.05, 0) is 35.9 Å². The molecule has 1 saturated heterocycles. The molecular weight excluding hydrogens is 182 g/mol. The van der Waals surface area contributed by atoms with Gasteiger partial charge in [-0.3, -0.25) is 4.79 Å². The molecule has 0 atom stereocenters. The quantitative estimate of drug-likeness (QED) is 0.470. The molecule has 0 saturated carbocycles. The molecule has 11 heavy (non-hydrogen) atoms. The molecule has 0 radical (unpaired) electrons. The number of rotatable bonds is 1. The maximum Gasteiger partial charge on any atom is 0.316 e. The Morgan fingerprint density at radius 3 is 2.55 bits per heavy atom. The minimum Gasteiger partial charge on any atom is -0.329 e. The van der Waals surface area contributed by atoms with Gasteiger partial charge in [0.15, 0.2) is 0 Å². The van der Waals surface area contributed by atoms with Crippen molar-refractivity contribution in [3.8, 4) is 0 Å². The first-order valence-corrected chi connectivity index (χ1v) is 5.25. The molecule has 0 aromatic rings. The average molecular weight is 194 g/mol. The fraction of sp³-hybridized carbons (Fsp3) is 0.857. The zero-order valence-corrected chi connectivity index (χ0v) is 8.12. The minimum absolute atomic E-state index is 0.332. The van der Waals surface area contributed by atoms with Crippen molar-refractivity contribution in [3.05, 3.63) is 0 Å². The number of carbonyl (C=O) groups is 1. The van der Waals surface area contributed by atoms with Crippen molar-refractivity contribution in [2.45, 2.75) is 18.9 Å². The van der Waals surface area contributed by atoms with Crippen LogP contribution in [0.15, 0.2) is 0 Å². The highest BCUT2D eigenvalue weighted by Gasteiger charge is 2.20. The molecule has 0 spiro atoms. The van der Waals surface area contributed by atoms with Gasteiger partial charge in [-0.25, -0.2) is 0 Å². The van der Waals surface area contributed by atoms with Crippen LogP contribution in [0.5, 0.6) is 0 Å². The van der Waals surface area contributed by atoms with Gasteiger partial charge >= 0.3 is 5.37 Å². The molecule has 2 nitrogen and oxygen atoms in total. The second-order valence-electron chi connectivity index (χ2n) is 2.71. The Labute approximate surface area is 76.3 Å². The highest BCUT2D eigenvalue weighted by Crippen LogP contribution is 2.21. The Morgan fingerprint density at radius 2 is 2.09 bits per heavy atom. The van der Waals surface area contributed by atoms with E-state index in [9.17, 15) is 4.79 Å². The predicted molar refractivity (Wildman–Crippen MR) is 49.4 cm³/mol. The van der Waals surface area contributed by atoms with Gasteiger partial charge in [0.1, 0.15) is 0 Å². The van der Waals surface area contributed by atoms with Crippen molar-refractivity contribution in [3.63, 3.8) is 0 Å². The van der Waals surface area contributed by atoms with Crippen LogP contribution in [-0.4, -0.2) is 34.9 Å². The van der Waals surface area contributed by atoms with E-state index in [1.54, 1.807) is 11.9 Å². The van der Waals surface area contributed by atoms with Crippen LogP contribution in [0.3, 0.4) is 0 Å². The van der Waals surface area contributed by atoms with Crippen LogP contribution in [0.2, 0.25) is 0 Å². The molecule has 1 aliphatic heterocycles. The molecule has 0 aliphatic carbocycles. The lowest BCUT2D eigenvalue weighted by Gasteiger charge is -2.28. The Kier molecular flexibility index (Phi) is 3.52. The van der Waals surface area contributed by atoms with Gasteiger partial charge in [0.05, 0.1) is 0 Å². The van der Waals surface area contributed by atoms with Crippen molar-refractivity contribution < 1.29 is 4.79 Å². The molecule has 0 aromatic heterocycles. The minimum atomic E-state index is -0.332. The largest absolute Gasteiger partial charge is 0.329 e. The molecule has 64 valence electrons. The molecule has 0 aromatic carbocycles. The standard InChI is InChI=1S/C7H12ClNOS/c1-9(7(8)10)6-2-4-11-5-3-6/h6H,2-5H2,1H3. The number of hydrogen-bond donors (Lipinski definition) is 0. The zero-order chi connectivity index (χ0) is 8.27. The van der Waals surface area contributed by atoms with Crippen molar-refractivity contribution in [1.82, 2.24) is 4.90 Å². The Bertz CT molecular complexity index is 147. The summed E-state index contributed by atoms with van der Waals surface area (Å²) in [4.78, 5) is 12.4. The summed E-state index contributed by atoms with van der Waals surface area (Å²) in [6, 6.07) is 0.376. The van der Waals surface area contributed by atoms with Crippen molar-refractivity contribution in [2.24, 2.45) is 0 Å². The zero-order valence-electron chi connectivity index (χ0n) is 6.55. The van der Waals surface area contributed by atoms with Crippen LogP contribution in [0.4, 0.5) is 4.79 Å². The maximum atomic E-state index is 10.7. The Balaban J connectivity index is 2.38. The molecule has 0 N–H and O–H groups in total. The normalized spacial score (nSPS) is 19.8. The second-order valence-corrected chi connectivity index (χ2v) is 4.26. The predicted octanol–water partition coefficient (Wildman–Crippen LogP) is 2.17. The highest BCUT2D eigenvalue weighted by molar-refractivity contribution is 7.99. The summed E-state index contributed by atoms with van der Waals surface area (Å²) in [6.07, 6.45) is 2.17. The second kappa shape index (κ2) is 4.21. The Hall–Kier alpha value is 0.110. The van der Waals surface area contributed by atoms with E-state index in [0.717, 1.165) is 24.3 Å². The van der Waals surface area contributed by atoms with Gasteiger partial charge < -0.3 is 4.90 Å². The molecule has 1 rings (SSSR count). The number of thioether (sulfide) groups is 1. The van der Waals surface area contributed by atoms with Gasteiger partial charge in [0.25, 0.3) is 0 Å². The third kappa shape index (κ3) is 2.56. The summed E-state index contributed by atoms with van der Waals surface area (Å²) in [5.74, 6) is 2.30. The van der Waals surface area contributed by atoms with Gasteiger partial charge in [0.2, 0.25) is 0 Å². The van der Waals surface area contributed by atoms with E-state index in [2.05, 4.69) is 0 Å². The van der Waals surface area contributed by atoms with E-state index in [0.29, 0.717) is 6.04 Å². The van der Waals surface area contributed by atoms with E-state index >= 15 is 0 Å². The molecule has 1 heterocycles. The summed E-state index contributed by atoms with van der Waals surface area (Å²) >= 11 is 7.29. The lowest BCUT2D eigenvalue weighted by molar-refractivity contribution is 0.210. The lowest BCUT2D eigenvalue weighted by atomic mass is 10.1. The highest BCUT2D eigenvalue weighted by atomic mass is 35.5. The van der Waals surface area contributed by atoms with Crippen LogP contribution in [0.25, 0.3) is 0 Å². The fourth-order valence-electron chi connectivity index (χ4n) is 1.22. The number of carbonyl (C=O) groups excluding carboxylic acids is 1. The first-order valence-electron chi connectivity index (χ1n) is 3.72. The summed E-state index contributed by atoms with van der Waals surface area (Å²) in [5, 5.41) is -0.332. The van der Waals surface area contributed by atoms with Crippen molar-refractivity contribution in [1.29, 1.82) is 0 Å². The number of halogens is 1. The van der Waals surface area contributed by atoms with E-state index in [1.165, 1.54) is 0 Å². The average Bonchev–Trinajstić information content (AvgIpc) is 2.05. The van der Waals surface area contributed by atoms with Crippen molar-refractivity contribution >= 4 is 28.7 Å². The molecule has 1 aliphatic rings. The first-order chi connectivity index (χ1) is 5.22. The van der Waals surface area contributed by atoms with Crippen LogP contribution in [-0.2, 0) is 0 Å². The summed E-state index contributed by atoms with van der Waals surface area (Å²) in [5.41, 5.74) is 0. The summed E-state index contributed by atoms with van der Waals surface area (Å²) in [7, 11) is 1.77. The van der Waals surface area contributed by atoms with E-state index < -0.39 is 0 Å². The molecular formula is C7H12ClNOS. The van der Waals surface area contributed by atoms with E-state index in [4.69, 9.17) is 11.6 Å². The molecule has 0 unspecified atom stereocenters. The Morgan fingerprint density at radius 1 is 1.55 bits per heavy atom. The van der Waals surface area contributed by atoms with E-state index in [-0.39, 0.29) is 5.37 Å². The van der Waals surface area contributed by atoms with Gasteiger partial charge in [-0.2, -0.15) is 11.8 Å². The molecule has 1 fully saturated rings. The SMILES string of the molecule is CN(C(=O)Cl)C1CCSCC1. The van der Waals surface area contributed by atoms with Crippen LogP contribution < -0.4 is 0 Å².